The highest BCUT2D eigenvalue weighted by molar-refractivity contribution is 7.17. The van der Waals surface area contributed by atoms with Crippen LogP contribution < -0.4 is 4.90 Å². The van der Waals surface area contributed by atoms with E-state index in [2.05, 4.69) is 9.97 Å². The average Bonchev–Trinajstić information content (AvgIpc) is 3.36. The first-order chi connectivity index (χ1) is 14.2. The summed E-state index contributed by atoms with van der Waals surface area (Å²) in [5.74, 6) is 0.211. The predicted octanol–water partition coefficient (Wildman–Crippen LogP) is 5.21. The fraction of sp³-hybridized carbons (Fsp3) is 0.316. The number of anilines is 1. The van der Waals surface area contributed by atoms with Crippen molar-refractivity contribution in [2.75, 3.05) is 31.1 Å². The first-order valence-corrected chi connectivity index (χ1v) is 11.1. The quantitative estimate of drug-likeness (QED) is 0.525. The molecule has 1 aliphatic heterocycles. The minimum atomic E-state index is -4.49. The highest BCUT2D eigenvalue weighted by Gasteiger charge is 2.33. The molecule has 4 rings (SSSR count). The van der Waals surface area contributed by atoms with E-state index < -0.39 is 11.7 Å². The average molecular weight is 473 g/mol. The Kier molecular flexibility index (Phi) is 5.73. The Morgan fingerprint density at radius 3 is 2.57 bits per heavy atom. The predicted molar refractivity (Wildman–Crippen MR) is 113 cm³/mol. The summed E-state index contributed by atoms with van der Waals surface area (Å²) in [5.41, 5.74) is 0.813. The Balaban J connectivity index is 1.44. The SMILES string of the molecule is Cc1nc(-c2ccsc2)sc1C(=O)N1CCN(c2ncc(C(F)(F)F)cc2Cl)CC1. The number of hydrogen-bond acceptors (Lipinski definition) is 6. The molecular formula is C19H16ClF3N4OS2. The van der Waals surface area contributed by atoms with Crippen LogP contribution >= 0.6 is 34.3 Å². The third-order valence-corrected chi connectivity index (χ3v) is 6.93. The summed E-state index contributed by atoms with van der Waals surface area (Å²) in [5, 5.41) is 4.72. The largest absolute Gasteiger partial charge is 0.417 e. The molecule has 0 bridgehead atoms. The number of hydrogen-bond donors (Lipinski definition) is 0. The molecular weight excluding hydrogens is 457 g/mol. The number of nitrogens with zero attached hydrogens (tertiary/aromatic N) is 4. The van der Waals surface area contributed by atoms with Gasteiger partial charge in [0.1, 0.15) is 15.7 Å². The molecule has 1 saturated heterocycles. The van der Waals surface area contributed by atoms with Crippen LogP contribution in [-0.2, 0) is 6.18 Å². The van der Waals surface area contributed by atoms with E-state index in [0.717, 1.165) is 22.8 Å². The van der Waals surface area contributed by atoms with Gasteiger partial charge in [-0.15, -0.1) is 11.3 Å². The maximum Gasteiger partial charge on any atom is 0.417 e. The highest BCUT2D eigenvalue weighted by Crippen LogP contribution is 2.34. The lowest BCUT2D eigenvalue weighted by Gasteiger charge is -2.35. The molecule has 3 aromatic rings. The molecule has 30 heavy (non-hydrogen) atoms. The second-order valence-corrected chi connectivity index (χ2v) is 8.94. The summed E-state index contributed by atoms with van der Waals surface area (Å²) < 4.78 is 38.4. The van der Waals surface area contributed by atoms with Crippen LogP contribution in [0.2, 0.25) is 5.02 Å². The van der Waals surface area contributed by atoms with Crippen molar-refractivity contribution in [2.45, 2.75) is 13.1 Å². The number of pyridine rings is 1. The third kappa shape index (κ3) is 4.17. The van der Waals surface area contributed by atoms with Crippen molar-refractivity contribution in [3.63, 3.8) is 0 Å². The van der Waals surface area contributed by atoms with Crippen molar-refractivity contribution in [1.82, 2.24) is 14.9 Å². The molecule has 0 unspecified atom stereocenters. The number of aromatic nitrogens is 2. The van der Waals surface area contributed by atoms with Crippen LogP contribution in [-0.4, -0.2) is 47.0 Å². The van der Waals surface area contributed by atoms with Crippen LogP contribution in [0.25, 0.3) is 10.6 Å². The summed E-state index contributed by atoms with van der Waals surface area (Å²) in [4.78, 5) is 25.5. The topological polar surface area (TPSA) is 49.3 Å². The number of piperazine rings is 1. The molecule has 0 aliphatic carbocycles. The summed E-state index contributed by atoms with van der Waals surface area (Å²) >= 11 is 8.99. The molecule has 3 aromatic heterocycles. The van der Waals surface area contributed by atoms with Crippen molar-refractivity contribution in [3.8, 4) is 10.6 Å². The van der Waals surface area contributed by atoms with Crippen molar-refractivity contribution in [3.05, 3.63) is 50.2 Å². The minimum Gasteiger partial charge on any atom is -0.352 e. The van der Waals surface area contributed by atoms with Gasteiger partial charge in [0.15, 0.2) is 0 Å². The van der Waals surface area contributed by atoms with E-state index in [1.165, 1.54) is 11.3 Å². The second kappa shape index (κ2) is 8.16. The first-order valence-electron chi connectivity index (χ1n) is 9.01. The second-order valence-electron chi connectivity index (χ2n) is 6.75. The summed E-state index contributed by atoms with van der Waals surface area (Å²) in [7, 11) is 0. The van der Waals surface area contributed by atoms with Gasteiger partial charge in [0.05, 0.1) is 16.3 Å². The van der Waals surface area contributed by atoms with E-state index in [1.807, 2.05) is 23.8 Å². The van der Waals surface area contributed by atoms with E-state index in [1.54, 1.807) is 21.1 Å². The highest BCUT2D eigenvalue weighted by atomic mass is 35.5. The van der Waals surface area contributed by atoms with Crippen LogP contribution in [0.5, 0.6) is 0 Å². The monoisotopic (exact) mass is 472 g/mol. The molecule has 0 atom stereocenters. The van der Waals surface area contributed by atoms with Crippen LogP contribution in [0.15, 0.2) is 29.1 Å². The maximum atomic E-state index is 13.0. The zero-order chi connectivity index (χ0) is 21.5. The molecule has 11 heteroatoms. The van der Waals surface area contributed by atoms with E-state index in [4.69, 9.17) is 11.6 Å². The summed E-state index contributed by atoms with van der Waals surface area (Å²) in [6.07, 6.45) is -3.71. The smallest absolute Gasteiger partial charge is 0.352 e. The van der Waals surface area contributed by atoms with Crippen molar-refractivity contribution in [1.29, 1.82) is 0 Å². The standard InChI is InChI=1S/C19H16ClF3N4OS2/c1-11-15(30-17(25-11)12-2-7-29-10-12)18(28)27-5-3-26(4-6-27)16-14(20)8-13(9-24-16)19(21,22)23/h2,7-10H,3-6H2,1H3. The molecule has 158 valence electrons. The Labute approximate surface area is 183 Å². The van der Waals surface area contributed by atoms with Crippen LogP contribution in [0.4, 0.5) is 19.0 Å². The van der Waals surface area contributed by atoms with E-state index >= 15 is 0 Å². The van der Waals surface area contributed by atoms with Gasteiger partial charge in [-0.1, -0.05) is 11.6 Å². The number of halogens is 4. The van der Waals surface area contributed by atoms with E-state index in [0.29, 0.717) is 42.6 Å². The molecule has 0 spiro atoms. The van der Waals surface area contributed by atoms with Gasteiger partial charge < -0.3 is 9.80 Å². The molecule has 5 nitrogen and oxygen atoms in total. The number of amides is 1. The Bertz CT molecular complexity index is 1060. The molecule has 1 amide bonds. The van der Waals surface area contributed by atoms with Crippen LogP contribution in [0.1, 0.15) is 20.9 Å². The Morgan fingerprint density at radius 2 is 1.97 bits per heavy atom. The zero-order valence-electron chi connectivity index (χ0n) is 15.7. The molecule has 0 N–H and O–H groups in total. The third-order valence-electron chi connectivity index (χ3n) is 4.77. The summed E-state index contributed by atoms with van der Waals surface area (Å²) in [6.45, 7) is 3.52. The number of aryl methyl sites for hydroxylation is 1. The molecule has 1 fully saturated rings. The number of thiazole rings is 1. The zero-order valence-corrected chi connectivity index (χ0v) is 18.1. The van der Waals surface area contributed by atoms with Crippen molar-refractivity contribution < 1.29 is 18.0 Å². The number of thiophene rings is 1. The van der Waals surface area contributed by atoms with Gasteiger partial charge in [-0.2, -0.15) is 24.5 Å². The lowest BCUT2D eigenvalue weighted by atomic mass is 10.2. The lowest BCUT2D eigenvalue weighted by Crippen LogP contribution is -2.49. The molecule has 4 heterocycles. The fourth-order valence-corrected chi connectivity index (χ4v) is 5.22. The van der Waals surface area contributed by atoms with Crippen molar-refractivity contribution >= 4 is 46.0 Å². The molecule has 0 radical (unpaired) electrons. The normalized spacial score (nSPS) is 15.0. The van der Waals surface area contributed by atoms with Gasteiger partial charge in [-0.25, -0.2) is 9.97 Å². The van der Waals surface area contributed by atoms with Gasteiger partial charge in [0.25, 0.3) is 5.91 Å². The molecule has 1 aliphatic rings. The van der Waals surface area contributed by atoms with Gasteiger partial charge in [0.2, 0.25) is 0 Å². The molecule has 0 aromatic carbocycles. The Hall–Kier alpha value is -2.17. The number of alkyl halides is 3. The van der Waals surface area contributed by atoms with Gasteiger partial charge in [-0.3, -0.25) is 4.79 Å². The van der Waals surface area contributed by atoms with Crippen LogP contribution in [0, 0.1) is 6.92 Å². The number of rotatable bonds is 3. The summed E-state index contributed by atoms with van der Waals surface area (Å²) in [6, 6.07) is 2.85. The fourth-order valence-electron chi connectivity index (χ4n) is 3.19. The van der Waals surface area contributed by atoms with Gasteiger partial charge in [-0.05, 0) is 24.4 Å². The van der Waals surface area contributed by atoms with E-state index in [-0.39, 0.29) is 10.9 Å². The lowest BCUT2D eigenvalue weighted by molar-refractivity contribution is -0.137. The van der Waals surface area contributed by atoms with Gasteiger partial charge >= 0.3 is 6.18 Å². The minimum absolute atomic E-state index is 0.0525. The Morgan fingerprint density at radius 1 is 1.23 bits per heavy atom. The van der Waals surface area contributed by atoms with E-state index in [9.17, 15) is 18.0 Å². The number of carbonyl (C=O) groups is 1. The van der Waals surface area contributed by atoms with Crippen molar-refractivity contribution in [2.24, 2.45) is 0 Å². The van der Waals surface area contributed by atoms with Crippen LogP contribution in [0.3, 0.4) is 0 Å². The maximum absolute atomic E-state index is 13.0. The molecule has 0 saturated carbocycles. The van der Waals surface area contributed by atoms with Gasteiger partial charge in [0, 0.05) is 43.3 Å². The number of carbonyl (C=O) groups excluding carboxylic acids is 1. The first kappa shape index (κ1) is 21.1.